The zero-order valence-electron chi connectivity index (χ0n) is 34.0. The number of hydrogen-bond donors (Lipinski definition) is 2. The van der Waals surface area contributed by atoms with E-state index in [0.29, 0.717) is 50.2 Å². The SMILES string of the molecule is CCC1=CC2CN(C1)Cc1c([nH]c3ccccc13)[C@@](C(=O)OC)(c1cc3c(cc1OC)N(C)[C@@H]1C34CCN3CC=C[C@@](CC)(C(OC(C)=O)[C@]1(O)C(=O)OC)[C@H]34)C2. The number of aromatic amines is 1. The zero-order chi connectivity index (χ0) is 40.2. The Balaban J connectivity index is 1.37. The number of aromatic nitrogens is 1. The molecule has 1 saturated carbocycles. The second-order valence-corrected chi connectivity index (χ2v) is 17.2. The number of methoxy groups -OCH3 is 3. The first-order valence-corrected chi connectivity index (χ1v) is 20.3. The lowest BCUT2D eigenvalue weighted by Crippen LogP contribution is -2.81. The normalized spacial score (nSPS) is 34.9. The fourth-order valence-electron chi connectivity index (χ4n) is 12.8. The van der Waals surface area contributed by atoms with Gasteiger partial charge in [-0.1, -0.05) is 55.8 Å². The van der Waals surface area contributed by atoms with Gasteiger partial charge < -0.3 is 33.9 Å². The maximum absolute atomic E-state index is 15.2. The summed E-state index contributed by atoms with van der Waals surface area (Å²) >= 11 is 0. The van der Waals surface area contributed by atoms with Crippen molar-refractivity contribution in [1.29, 1.82) is 0 Å². The summed E-state index contributed by atoms with van der Waals surface area (Å²) in [5.74, 6) is -1.31. The van der Waals surface area contributed by atoms with Crippen LogP contribution >= 0.6 is 0 Å². The summed E-state index contributed by atoms with van der Waals surface area (Å²) in [6.45, 7) is 9.19. The molecule has 2 aromatic carbocycles. The number of benzene rings is 2. The predicted molar refractivity (Wildman–Crippen MR) is 214 cm³/mol. The topological polar surface area (TPSA) is 134 Å². The molecule has 0 radical (unpaired) electrons. The number of nitrogens with zero attached hydrogens (tertiary/aromatic N) is 3. The van der Waals surface area contributed by atoms with Crippen LogP contribution in [0.4, 0.5) is 5.69 Å². The van der Waals surface area contributed by atoms with Gasteiger partial charge in [-0.25, -0.2) is 4.79 Å². The van der Waals surface area contributed by atoms with E-state index in [1.165, 1.54) is 26.7 Å². The van der Waals surface area contributed by atoms with Crippen molar-refractivity contribution in [1.82, 2.24) is 14.8 Å². The molecule has 2 N–H and O–H groups in total. The molecule has 12 nitrogen and oxygen atoms in total. The summed E-state index contributed by atoms with van der Waals surface area (Å²) in [6.07, 6.45) is 7.67. The van der Waals surface area contributed by atoms with Crippen LogP contribution in [0, 0.1) is 11.3 Å². The highest BCUT2D eigenvalue weighted by Crippen LogP contribution is 2.68. The number of fused-ring (bicyclic) bond motifs is 6. The molecule has 1 saturated heterocycles. The Morgan fingerprint density at radius 1 is 1.00 bits per heavy atom. The van der Waals surface area contributed by atoms with E-state index in [1.807, 2.05) is 37.1 Å². The molecule has 9 rings (SSSR count). The number of rotatable bonds is 7. The third kappa shape index (κ3) is 4.80. The number of likely N-dealkylation sites (N-methyl/N-ethyl adjacent to an activating group) is 1. The van der Waals surface area contributed by atoms with Crippen LogP contribution in [0.1, 0.15) is 68.8 Å². The highest BCUT2D eigenvalue weighted by molar-refractivity contribution is 5.95. The van der Waals surface area contributed by atoms with Crippen molar-refractivity contribution in [2.24, 2.45) is 11.3 Å². The second kappa shape index (κ2) is 13.2. The van der Waals surface area contributed by atoms with Crippen molar-refractivity contribution in [3.05, 3.63) is 82.6 Å². The van der Waals surface area contributed by atoms with Gasteiger partial charge in [0, 0.05) is 90.9 Å². The van der Waals surface area contributed by atoms with Crippen LogP contribution in [0.25, 0.3) is 10.9 Å². The summed E-state index contributed by atoms with van der Waals surface area (Å²) in [5, 5.41) is 14.4. The minimum Gasteiger partial charge on any atom is -0.496 e. The molecule has 1 spiro atoms. The third-order valence-corrected chi connectivity index (χ3v) is 14.8. The maximum atomic E-state index is 15.2. The van der Waals surface area contributed by atoms with Crippen LogP contribution in [0.3, 0.4) is 0 Å². The minimum absolute atomic E-state index is 0.0284. The van der Waals surface area contributed by atoms with Gasteiger partial charge in [0.15, 0.2) is 6.10 Å². The Morgan fingerprint density at radius 3 is 2.47 bits per heavy atom. The molecule has 6 heterocycles. The van der Waals surface area contributed by atoms with Gasteiger partial charge in [-0.05, 0) is 61.4 Å². The molecule has 6 aliphatic rings. The number of hydrogen-bond acceptors (Lipinski definition) is 11. The van der Waals surface area contributed by atoms with Gasteiger partial charge in [0.1, 0.15) is 11.2 Å². The largest absolute Gasteiger partial charge is 0.496 e. The van der Waals surface area contributed by atoms with E-state index in [-0.39, 0.29) is 17.9 Å². The summed E-state index contributed by atoms with van der Waals surface area (Å²) in [4.78, 5) is 53.1. The molecular weight excluding hydrogens is 725 g/mol. The van der Waals surface area contributed by atoms with Gasteiger partial charge in [0.25, 0.3) is 0 Å². The smallest absolute Gasteiger partial charge is 0.344 e. The summed E-state index contributed by atoms with van der Waals surface area (Å²) < 4.78 is 23.9. The minimum atomic E-state index is -2.27. The number of H-pyrrole nitrogens is 1. The lowest BCUT2D eigenvalue weighted by molar-refractivity contribution is -0.228. The number of nitrogens with one attached hydrogen (secondary N) is 1. The first kappa shape index (κ1) is 37.9. The van der Waals surface area contributed by atoms with Gasteiger partial charge >= 0.3 is 17.9 Å². The van der Waals surface area contributed by atoms with Gasteiger partial charge in [0.2, 0.25) is 5.60 Å². The van der Waals surface area contributed by atoms with E-state index in [9.17, 15) is 14.7 Å². The van der Waals surface area contributed by atoms with E-state index in [2.05, 4.69) is 58.1 Å². The van der Waals surface area contributed by atoms with Crippen LogP contribution in [-0.2, 0) is 46.0 Å². The fourth-order valence-corrected chi connectivity index (χ4v) is 12.8. The van der Waals surface area contributed by atoms with Crippen molar-refractivity contribution < 1.29 is 38.4 Å². The summed E-state index contributed by atoms with van der Waals surface area (Å²) in [6, 6.07) is 11.2. The van der Waals surface area contributed by atoms with E-state index in [0.717, 1.165) is 52.9 Å². The quantitative estimate of drug-likeness (QED) is 0.196. The van der Waals surface area contributed by atoms with E-state index in [1.54, 1.807) is 7.11 Å². The van der Waals surface area contributed by atoms with Gasteiger partial charge in [-0.15, -0.1) is 0 Å². The summed E-state index contributed by atoms with van der Waals surface area (Å²) in [5.41, 5.74) is 1.05. The lowest BCUT2D eigenvalue weighted by atomic mass is 9.47. The molecule has 3 aromatic rings. The van der Waals surface area contributed by atoms with Crippen molar-refractivity contribution in [3.63, 3.8) is 0 Å². The number of esters is 3. The Kier molecular flexibility index (Phi) is 8.77. The molecule has 2 bridgehead atoms. The molecule has 12 heteroatoms. The number of para-hydroxylation sites is 1. The molecule has 2 fully saturated rings. The first-order chi connectivity index (χ1) is 27.4. The number of anilines is 1. The highest BCUT2D eigenvalue weighted by atomic mass is 16.6. The van der Waals surface area contributed by atoms with Crippen LogP contribution in [0.15, 0.2) is 60.2 Å². The average Bonchev–Trinajstić information content (AvgIpc) is 3.87. The van der Waals surface area contributed by atoms with Crippen LogP contribution in [-0.4, -0.2) is 116 Å². The van der Waals surface area contributed by atoms with Crippen molar-refractivity contribution in [2.45, 2.75) is 87.6 Å². The van der Waals surface area contributed by atoms with Gasteiger partial charge in [0.05, 0.1) is 27.4 Å². The van der Waals surface area contributed by atoms with E-state index < -0.39 is 45.9 Å². The van der Waals surface area contributed by atoms with Gasteiger partial charge in [-0.3, -0.25) is 19.4 Å². The number of aliphatic hydroxyl groups is 1. The molecule has 5 aliphatic heterocycles. The molecule has 1 aliphatic carbocycles. The summed E-state index contributed by atoms with van der Waals surface area (Å²) in [7, 11) is 6.22. The highest BCUT2D eigenvalue weighted by Gasteiger charge is 2.80. The Morgan fingerprint density at radius 2 is 1.77 bits per heavy atom. The number of carbonyl (C=O) groups is 3. The molecule has 1 aromatic heterocycles. The van der Waals surface area contributed by atoms with E-state index >= 15 is 4.79 Å². The van der Waals surface area contributed by atoms with E-state index in [4.69, 9.17) is 18.9 Å². The monoisotopic (exact) mass is 778 g/mol. The van der Waals surface area contributed by atoms with Crippen LogP contribution < -0.4 is 9.64 Å². The molecule has 9 atom stereocenters. The Hall–Kier alpha value is -4.65. The maximum Gasteiger partial charge on any atom is 0.344 e. The first-order valence-electron chi connectivity index (χ1n) is 20.3. The molecule has 57 heavy (non-hydrogen) atoms. The standard InChI is InChI=1S/C45H54N4O8/c1-8-27-19-28-22-44(40(51)55-6,36-30(25-48(23-27)24-28)29-13-10-11-14-33(29)46-36)32-20-31-34(21-35(32)54-5)47(4)38-43(31)16-18-49-17-12-15-42(9-2,37(43)49)39(57-26(3)50)45(38,53)41(52)56-7/h10-15,19-21,28,37-39,46,53H,8-9,16-18,22-25H2,1-7H3/t28?,37-,38+,39?,42+,43?,44-,45-/m0/s1. The average molecular weight is 779 g/mol. The second-order valence-electron chi connectivity index (χ2n) is 17.2. The Labute approximate surface area is 333 Å². The molecule has 0 amide bonds. The van der Waals surface area contributed by atoms with Crippen molar-refractivity contribution in [3.8, 4) is 5.75 Å². The molecule has 4 unspecified atom stereocenters. The Bertz CT molecular complexity index is 2250. The van der Waals surface area contributed by atoms with Crippen LogP contribution in [0.5, 0.6) is 5.75 Å². The number of carbonyl (C=O) groups excluding carboxylic acids is 3. The third-order valence-electron chi connectivity index (χ3n) is 14.8. The van der Waals surface area contributed by atoms with Crippen LogP contribution in [0.2, 0.25) is 0 Å². The predicted octanol–water partition coefficient (Wildman–Crippen LogP) is 4.75. The molecule has 302 valence electrons. The molecular formula is C45H54N4O8. The lowest BCUT2D eigenvalue weighted by Gasteiger charge is -2.63. The zero-order valence-corrected chi connectivity index (χ0v) is 34.0. The fraction of sp³-hybridized carbons (Fsp3) is 0.533. The van der Waals surface area contributed by atoms with Crippen molar-refractivity contribution in [2.75, 3.05) is 59.5 Å². The van der Waals surface area contributed by atoms with Crippen molar-refractivity contribution >= 4 is 34.5 Å². The number of ether oxygens (including phenoxy) is 4. The van der Waals surface area contributed by atoms with Gasteiger partial charge in [-0.2, -0.15) is 0 Å².